The minimum absolute atomic E-state index is 0.000209. The van der Waals surface area contributed by atoms with Crippen LogP contribution in [0.1, 0.15) is 16.9 Å². The van der Waals surface area contributed by atoms with Crippen LogP contribution in [0.15, 0.2) is 12.3 Å². The van der Waals surface area contributed by atoms with E-state index in [2.05, 4.69) is 10.3 Å². The summed E-state index contributed by atoms with van der Waals surface area (Å²) < 4.78 is 4.94. The van der Waals surface area contributed by atoms with Crippen molar-refractivity contribution in [2.24, 2.45) is 0 Å². The van der Waals surface area contributed by atoms with E-state index in [-0.39, 0.29) is 18.6 Å². The molecular formula is C10H15ClN2O3. The molecule has 1 atom stereocenters. The molecule has 1 aromatic heterocycles. The average molecular weight is 247 g/mol. The van der Waals surface area contributed by atoms with Crippen LogP contribution in [0.2, 0.25) is 5.02 Å². The zero-order valence-corrected chi connectivity index (χ0v) is 9.75. The van der Waals surface area contributed by atoms with Crippen molar-refractivity contribution in [2.75, 3.05) is 20.3 Å². The average Bonchev–Trinajstić information content (AvgIpc) is 2.65. The van der Waals surface area contributed by atoms with Gasteiger partial charge in [-0.3, -0.25) is 4.79 Å². The molecule has 6 heteroatoms. The highest BCUT2D eigenvalue weighted by molar-refractivity contribution is 6.30. The number of hydrogen-bond acceptors (Lipinski definition) is 3. The number of aliphatic hydroxyl groups is 1. The van der Waals surface area contributed by atoms with Gasteiger partial charge in [-0.25, -0.2) is 0 Å². The van der Waals surface area contributed by atoms with Crippen LogP contribution in [-0.2, 0) is 4.74 Å². The summed E-state index contributed by atoms with van der Waals surface area (Å²) in [5.74, 6) is -0.262. The third kappa shape index (κ3) is 3.84. The van der Waals surface area contributed by atoms with Crippen LogP contribution in [0.5, 0.6) is 0 Å². The van der Waals surface area contributed by atoms with Gasteiger partial charge in [-0.15, -0.1) is 0 Å². The second-order valence-electron chi connectivity index (χ2n) is 3.37. The summed E-state index contributed by atoms with van der Waals surface area (Å²) in [5, 5.41) is 12.0. The molecule has 5 nitrogen and oxygen atoms in total. The van der Waals surface area contributed by atoms with Crippen LogP contribution in [-0.4, -0.2) is 42.4 Å². The molecular weight excluding hydrogens is 232 g/mol. The third-order valence-electron chi connectivity index (χ3n) is 2.07. The van der Waals surface area contributed by atoms with Crippen LogP contribution in [0, 0.1) is 0 Å². The summed E-state index contributed by atoms with van der Waals surface area (Å²) in [6, 6.07) is 1.34. The first-order valence-corrected chi connectivity index (χ1v) is 5.29. The fourth-order valence-corrected chi connectivity index (χ4v) is 1.48. The molecule has 0 aliphatic rings. The highest BCUT2D eigenvalue weighted by atomic mass is 35.5. The maximum Gasteiger partial charge on any atom is 0.268 e. The standard InChI is InChI=1S/C10H15ClN2O3/c1-16-6-8(2-3-14)13-10(15)9-4-7(11)5-12-9/h4-5,8,12,14H,2-3,6H2,1H3,(H,13,15). The predicted octanol–water partition coefficient (Wildman–Crippen LogP) is 0.795. The first kappa shape index (κ1) is 13.0. The quantitative estimate of drug-likeness (QED) is 0.695. The van der Waals surface area contributed by atoms with Crippen molar-refractivity contribution in [3.63, 3.8) is 0 Å². The highest BCUT2D eigenvalue weighted by Gasteiger charge is 2.14. The van der Waals surface area contributed by atoms with E-state index in [1.54, 1.807) is 13.2 Å². The molecule has 0 radical (unpaired) electrons. The molecule has 0 fully saturated rings. The zero-order chi connectivity index (χ0) is 12.0. The fraction of sp³-hybridized carbons (Fsp3) is 0.500. The van der Waals surface area contributed by atoms with Crippen LogP contribution >= 0.6 is 11.6 Å². The van der Waals surface area contributed by atoms with E-state index >= 15 is 0 Å². The number of rotatable bonds is 6. The van der Waals surface area contributed by atoms with Gasteiger partial charge in [0, 0.05) is 19.9 Å². The SMILES string of the molecule is COCC(CCO)NC(=O)c1cc(Cl)c[nH]1. The molecule has 1 unspecified atom stereocenters. The minimum atomic E-state index is -0.262. The number of aliphatic hydroxyl groups excluding tert-OH is 1. The monoisotopic (exact) mass is 246 g/mol. The van der Waals surface area contributed by atoms with E-state index in [1.807, 2.05) is 0 Å². The lowest BCUT2D eigenvalue weighted by atomic mass is 10.2. The number of amides is 1. The van der Waals surface area contributed by atoms with Gasteiger partial charge in [0.1, 0.15) is 5.69 Å². The molecule has 0 saturated heterocycles. The highest BCUT2D eigenvalue weighted by Crippen LogP contribution is 2.09. The number of aromatic nitrogens is 1. The molecule has 90 valence electrons. The van der Waals surface area contributed by atoms with E-state index < -0.39 is 0 Å². The van der Waals surface area contributed by atoms with Crippen molar-refractivity contribution in [3.8, 4) is 0 Å². The molecule has 3 N–H and O–H groups in total. The van der Waals surface area contributed by atoms with Gasteiger partial charge in [0.05, 0.1) is 17.7 Å². The summed E-state index contributed by atoms with van der Waals surface area (Å²) in [5.41, 5.74) is 0.393. The van der Waals surface area contributed by atoms with E-state index in [0.717, 1.165) is 0 Å². The molecule has 16 heavy (non-hydrogen) atoms. The number of carbonyl (C=O) groups excluding carboxylic acids is 1. The number of halogens is 1. The van der Waals surface area contributed by atoms with Crippen LogP contribution in [0.4, 0.5) is 0 Å². The number of nitrogens with one attached hydrogen (secondary N) is 2. The summed E-state index contributed by atoms with van der Waals surface area (Å²) in [4.78, 5) is 14.4. The largest absolute Gasteiger partial charge is 0.396 e. The van der Waals surface area contributed by atoms with Gasteiger partial charge in [-0.1, -0.05) is 11.6 Å². The number of ether oxygens (including phenoxy) is 1. The molecule has 1 rings (SSSR count). The lowest BCUT2D eigenvalue weighted by Gasteiger charge is -2.16. The minimum Gasteiger partial charge on any atom is -0.396 e. The number of methoxy groups -OCH3 is 1. The molecule has 0 saturated carbocycles. The Morgan fingerprint density at radius 3 is 3.00 bits per heavy atom. The Bertz CT molecular complexity index is 335. The van der Waals surface area contributed by atoms with E-state index in [4.69, 9.17) is 21.4 Å². The second kappa shape index (κ2) is 6.52. The van der Waals surface area contributed by atoms with Gasteiger partial charge in [0.25, 0.3) is 5.91 Å². The van der Waals surface area contributed by atoms with Gasteiger partial charge in [-0.2, -0.15) is 0 Å². The van der Waals surface area contributed by atoms with Gasteiger partial charge in [0.15, 0.2) is 0 Å². The normalized spacial score (nSPS) is 12.4. The summed E-state index contributed by atoms with van der Waals surface area (Å²) >= 11 is 5.69. The van der Waals surface area contributed by atoms with Crippen molar-refractivity contribution < 1.29 is 14.6 Å². The van der Waals surface area contributed by atoms with Crippen LogP contribution in [0.3, 0.4) is 0 Å². The van der Waals surface area contributed by atoms with Gasteiger partial charge in [-0.05, 0) is 12.5 Å². The van der Waals surface area contributed by atoms with Gasteiger partial charge < -0.3 is 20.1 Å². The molecule has 0 bridgehead atoms. The Morgan fingerprint density at radius 1 is 1.75 bits per heavy atom. The van der Waals surface area contributed by atoms with E-state index in [0.29, 0.717) is 23.7 Å². The Hall–Kier alpha value is -1.04. The number of H-pyrrole nitrogens is 1. The molecule has 0 aliphatic carbocycles. The molecule has 0 aliphatic heterocycles. The predicted molar refractivity (Wildman–Crippen MR) is 60.6 cm³/mol. The van der Waals surface area contributed by atoms with Crippen molar-refractivity contribution in [1.29, 1.82) is 0 Å². The van der Waals surface area contributed by atoms with Crippen molar-refractivity contribution in [2.45, 2.75) is 12.5 Å². The summed E-state index contributed by atoms with van der Waals surface area (Å²) in [6.45, 7) is 0.362. The van der Waals surface area contributed by atoms with Gasteiger partial charge in [0.2, 0.25) is 0 Å². The smallest absolute Gasteiger partial charge is 0.268 e. The first-order valence-electron chi connectivity index (χ1n) is 4.92. The fourth-order valence-electron chi connectivity index (χ4n) is 1.32. The zero-order valence-electron chi connectivity index (χ0n) is 9.00. The van der Waals surface area contributed by atoms with E-state index in [9.17, 15) is 4.79 Å². The summed E-state index contributed by atoms with van der Waals surface area (Å²) in [7, 11) is 1.54. The van der Waals surface area contributed by atoms with Gasteiger partial charge >= 0.3 is 0 Å². The molecule has 1 aromatic rings. The maximum absolute atomic E-state index is 11.7. The molecule has 1 amide bonds. The number of aromatic amines is 1. The molecule has 0 spiro atoms. The Balaban J connectivity index is 2.54. The number of carbonyl (C=O) groups is 1. The maximum atomic E-state index is 11.7. The Kier molecular flexibility index (Phi) is 5.31. The second-order valence-corrected chi connectivity index (χ2v) is 3.81. The lowest BCUT2D eigenvalue weighted by Crippen LogP contribution is -2.38. The first-order chi connectivity index (χ1) is 7.67. The molecule has 1 heterocycles. The van der Waals surface area contributed by atoms with Crippen LogP contribution < -0.4 is 5.32 Å². The number of hydrogen-bond donors (Lipinski definition) is 3. The van der Waals surface area contributed by atoms with Crippen molar-refractivity contribution >= 4 is 17.5 Å². The Labute approximate surface area is 98.8 Å². The van der Waals surface area contributed by atoms with Crippen molar-refractivity contribution in [3.05, 3.63) is 23.0 Å². The van der Waals surface area contributed by atoms with E-state index in [1.165, 1.54) is 6.20 Å². The lowest BCUT2D eigenvalue weighted by molar-refractivity contribution is 0.0874. The topological polar surface area (TPSA) is 74.3 Å². The molecule has 0 aromatic carbocycles. The van der Waals surface area contributed by atoms with Crippen molar-refractivity contribution in [1.82, 2.24) is 10.3 Å². The summed E-state index contributed by atoms with van der Waals surface area (Å²) in [6.07, 6.45) is 1.99. The Morgan fingerprint density at radius 2 is 2.50 bits per heavy atom. The van der Waals surface area contributed by atoms with Crippen LogP contribution in [0.25, 0.3) is 0 Å². The third-order valence-corrected chi connectivity index (χ3v) is 2.29.